The maximum atomic E-state index is 13.6. The van der Waals surface area contributed by atoms with Gasteiger partial charge in [-0.3, -0.25) is 9.69 Å². The molecule has 19 heavy (non-hydrogen) atoms. The highest BCUT2D eigenvalue weighted by molar-refractivity contribution is 7.80. The first kappa shape index (κ1) is 13.2. The van der Waals surface area contributed by atoms with Crippen LogP contribution in [0.3, 0.4) is 0 Å². The SMILES string of the molecule is NC(=S)N(C(=O)c1ccccc1F)c1ccccc1. The first-order valence-corrected chi connectivity index (χ1v) is 5.95. The summed E-state index contributed by atoms with van der Waals surface area (Å²) >= 11 is 4.88. The number of hydrogen-bond donors (Lipinski definition) is 1. The molecule has 3 nitrogen and oxygen atoms in total. The third-order valence-corrected chi connectivity index (χ3v) is 2.72. The van der Waals surface area contributed by atoms with E-state index in [9.17, 15) is 9.18 Å². The molecule has 0 saturated carbocycles. The molecule has 0 heterocycles. The van der Waals surface area contributed by atoms with Crippen LogP contribution in [0.4, 0.5) is 10.1 Å². The summed E-state index contributed by atoms with van der Waals surface area (Å²) in [7, 11) is 0. The summed E-state index contributed by atoms with van der Waals surface area (Å²) in [6, 6.07) is 14.4. The molecule has 2 aromatic carbocycles. The van der Waals surface area contributed by atoms with Crippen LogP contribution < -0.4 is 10.6 Å². The number of halogens is 1. The van der Waals surface area contributed by atoms with Gasteiger partial charge in [0.25, 0.3) is 5.91 Å². The number of hydrogen-bond acceptors (Lipinski definition) is 2. The smallest absolute Gasteiger partial charge is 0.267 e. The van der Waals surface area contributed by atoms with Crippen molar-refractivity contribution in [3.63, 3.8) is 0 Å². The standard InChI is InChI=1S/C14H11FN2OS/c15-12-9-5-4-8-11(12)13(18)17(14(16)19)10-6-2-1-3-7-10/h1-9H,(H2,16,19). The highest BCUT2D eigenvalue weighted by Gasteiger charge is 2.22. The summed E-state index contributed by atoms with van der Waals surface area (Å²) in [5, 5.41) is -0.126. The van der Waals surface area contributed by atoms with Crippen molar-refractivity contribution in [1.82, 2.24) is 0 Å². The highest BCUT2D eigenvalue weighted by Crippen LogP contribution is 2.18. The number of rotatable bonds is 2. The van der Waals surface area contributed by atoms with Crippen LogP contribution in [0.15, 0.2) is 54.6 Å². The molecule has 96 valence electrons. The normalized spacial score (nSPS) is 9.95. The molecule has 0 unspecified atom stereocenters. The Balaban J connectivity index is 2.44. The summed E-state index contributed by atoms with van der Waals surface area (Å²) in [4.78, 5) is 13.4. The number of carbonyl (C=O) groups excluding carboxylic acids is 1. The van der Waals surface area contributed by atoms with Crippen molar-refractivity contribution >= 4 is 28.9 Å². The van der Waals surface area contributed by atoms with Crippen molar-refractivity contribution in [2.24, 2.45) is 5.73 Å². The van der Waals surface area contributed by atoms with Crippen LogP contribution in [0.1, 0.15) is 10.4 Å². The molecule has 0 aliphatic heterocycles. The van der Waals surface area contributed by atoms with E-state index >= 15 is 0 Å². The Hall–Kier alpha value is -2.27. The Morgan fingerprint density at radius 2 is 1.63 bits per heavy atom. The Kier molecular flexibility index (Phi) is 3.87. The Bertz CT molecular complexity index is 616. The molecule has 0 fully saturated rings. The molecule has 2 aromatic rings. The fourth-order valence-corrected chi connectivity index (χ4v) is 1.87. The maximum absolute atomic E-state index is 13.6. The van der Waals surface area contributed by atoms with Crippen molar-refractivity contribution in [3.05, 3.63) is 66.0 Å². The number of benzene rings is 2. The number of anilines is 1. The average molecular weight is 274 g/mol. The van der Waals surface area contributed by atoms with Gasteiger partial charge in [0.05, 0.1) is 11.3 Å². The van der Waals surface area contributed by atoms with E-state index in [1.807, 2.05) is 0 Å². The Labute approximate surface area is 115 Å². The first-order valence-electron chi connectivity index (χ1n) is 5.54. The maximum Gasteiger partial charge on any atom is 0.267 e. The number of thiocarbonyl (C=S) groups is 1. The Morgan fingerprint density at radius 1 is 1.05 bits per heavy atom. The van der Waals surface area contributed by atoms with E-state index in [4.69, 9.17) is 18.0 Å². The van der Waals surface area contributed by atoms with Crippen LogP contribution in [-0.2, 0) is 0 Å². The van der Waals surface area contributed by atoms with E-state index in [0.29, 0.717) is 5.69 Å². The van der Waals surface area contributed by atoms with Crippen molar-refractivity contribution in [2.75, 3.05) is 4.90 Å². The van der Waals surface area contributed by atoms with Gasteiger partial charge >= 0.3 is 0 Å². The van der Waals surface area contributed by atoms with Crippen LogP contribution in [0, 0.1) is 5.82 Å². The molecule has 2 N–H and O–H groups in total. The molecular weight excluding hydrogens is 263 g/mol. The van der Waals surface area contributed by atoms with Gasteiger partial charge in [-0.05, 0) is 36.5 Å². The third kappa shape index (κ3) is 2.77. The summed E-state index contributed by atoms with van der Waals surface area (Å²) in [6.07, 6.45) is 0. The van der Waals surface area contributed by atoms with Crippen LogP contribution in [0.25, 0.3) is 0 Å². The lowest BCUT2D eigenvalue weighted by Gasteiger charge is -2.21. The zero-order valence-corrected chi connectivity index (χ0v) is 10.7. The van der Waals surface area contributed by atoms with Gasteiger partial charge < -0.3 is 5.73 Å². The minimum absolute atomic E-state index is 0.0702. The topological polar surface area (TPSA) is 46.3 Å². The fourth-order valence-electron chi connectivity index (χ4n) is 1.68. The van der Waals surface area contributed by atoms with E-state index in [1.54, 1.807) is 36.4 Å². The fraction of sp³-hybridized carbons (Fsp3) is 0. The zero-order chi connectivity index (χ0) is 13.8. The first-order chi connectivity index (χ1) is 9.11. The lowest BCUT2D eigenvalue weighted by molar-refractivity contribution is 0.0999. The third-order valence-electron chi connectivity index (χ3n) is 2.54. The molecule has 5 heteroatoms. The molecular formula is C14H11FN2OS. The van der Waals surface area contributed by atoms with Crippen molar-refractivity contribution in [3.8, 4) is 0 Å². The Morgan fingerprint density at radius 3 is 2.21 bits per heavy atom. The van der Waals surface area contributed by atoms with Gasteiger partial charge in [-0.25, -0.2) is 4.39 Å². The van der Waals surface area contributed by atoms with Gasteiger partial charge in [0, 0.05) is 0 Å². The number of para-hydroxylation sites is 1. The van der Waals surface area contributed by atoms with E-state index < -0.39 is 11.7 Å². The molecule has 0 bridgehead atoms. The van der Waals surface area contributed by atoms with Gasteiger partial charge in [0.2, 0.25) is 0 Å². The highest BCUT2D eigenvalue weighted by atomic mass is 32.1. The minimum atomic E-state index is -0.607. The van der Waals surface area contributed by atoms with Crippen molar-refractivity contribution < 1.29 is 9.18 Å². The molecule has 0 spiro atoms. The van der Waals surface area contributed by atoms with Crippen molar-refractivity contribution in [1.29, 1.82) is 0 Å². The lowest BCUT2D eigenvalue weighted by Crippen LogP contribution is -2.41. The second kappa shape index (κ2) is 5.58. The number of nitrogens with zero attached hydrogens (tertiary/aromatic N) is 1. The molecule has 0 radical (unpaired) electrons. The molecule has 0 aromatic heterocycles. The van der Waals surface area contributed by atoms with Gasteiger partial charge in [-0.2, -0.15) is 0 Å². The van der Waals surface area contributed by atoms with E-state index in [-0.39, 0.29) is 10.7 Å². The lowest BCUT2D eigenvalue weighted by atomic mass is 10.1. The quantitative estimate of drug-likeness (QED) is 0.856. The van der Waals surface area contributed by atoms with Gasteiger partial charge in [0.1, 0.15) is 5.82 Å². The zero-order valence-electron chi connectivity index (χ0n) is 9.92. The van der Waals surface area contributed by atoms with Crippen LogP contribution in [0.5, 0.6) is 0 Å². The van der Waals surface area contributed by atoms with Crippen LogP contribution in [0.2, 0.25) is 0 Å². The summed E-state index contributed by atoms with van der Waals surface area (Å²) < 4.78 is 13.6. The van der Waals surface area contributed by atoms with Crippen molar-refractivity contribution in [2.45, 2.75) is 0 Å². The number of nitrogens with two attached hydrogens (primary N) is 1. The second-order valence-corrected chi connectivity index (χ2v) is 4.21. The predicted octanol–water partition coefficient (Wildman–Crippen LogP) is 2.72. The van der Waals surface area contributed by atoms with Crippen LogP contribution in [-0.4, -0.2) is 11.0 Å². The molecule has 0 atom stereocenters. The molecule has 0 saturated heterocycles. The van der Waals surface area contributed by atoms with Gasteiger partial charge in [0.15, 0.2) is 5.11 Å². The minimum Gasteiger partial charge on any atom is -0.376 e. The molecule has 2 rings (SSSR count). The second-order valence-electron chi connectivity index (χ2n) is 3.79. The molecule has 0 aliphatic rings. The van der Waals surface area contributed by atoms with E-state index in [0.717, 1.165) is 4.90 Å². The monoisotopic (exact) mass is 274 g/mol. The largest absolute Gasteiger partial charge is 0.376 e. The van der Waals surface area contributed by atoms with Gasteiger partial charge in [-0.1, -0.05) is 30.3 Å². The number of amides is 1. The van der Waals surface area contributed by atoms with Gasteiger partial charge in [-0.15, -0.1) is 0 Å². The molecule has 0 aliphatic carbocycles. The van der Waals surface area contributed by atoms with E-state index in [1.165, 1.54) is 18.2 Å². The summed E-state index contributed by atoms with van der Waals surface area (Å²) in [5.74, 6) is -1.19. The van der Waals surface area contributed by atoms with E-state index in [2.05, 4.69) is 0 Å². The number of carbonyl (C=O) groups is 1. The summed E-state index contributed by atoms with van der Waals surface area (Å²) in [6.45, 7) is 0. The molecule has 1 amide bonds. The van der Waals surface area contributed by atoms with Crippen LogP contribution >= 0.6 is 12.2 Å². The average Bonchev–Trinajstić information content (AvgIpc) is 2.40. The summed E-state index contributed by atoms with van der Waals surface area (Å²) in [5.41, 5.74) is 6.00. The predicted molar refractivity (Wildman–Crippen MR) is 76.4 cm³/mol.